The average Bonchev–Trinajstić information content (AvgIpc) is 2.85. The summed E-state index contributed by atoms with van der Waals surface area (Å²) in [6.07, 6.45) is 3.55. The average molecular weight is 311 g/mol. The predicted molar refractivity (Wildman–Crippen MR) is 78.0 cm³/mol. The Kier molecular flexibility index (Phi) is 4.43. The van der Waals surface area contributed by atoms with Gasteiger partial charge in [-0.3, -0.25) is 4.68 Å². The second kappa shape index (κ2) is 5.95. The Morgan fingerprint density at radius 2 is 2.10 bits per heavy atom. The molecule has 0 saturated carbocycles. The van der Waals surface area contributed by atoms with Gasteiger partial charge in [0, 0.05) is 12.7 Å². The smallest absolute Gasteiger partial charge is 0.241 e. The van der Waals surface area contributed by atoms with Crippen molar-refractivity contribution in [3.63, 3.8) is 0 Å². The molecule has 2 aromatic rings. The monoisotopic (exact) mass is 311 g/mol. The van der Waals surface area contributed by atoms with Crippen LogP contribution in [0.3, 0.4) is 0 Å². The van der Waals surface area contributed by atoms with Crippen LogP contribution < -0.4 is 4.72 Å². The van der Waals surface area contributed by atoms with E-state index in [1.165, 1.54) is 12.1 Å². The molecular weight excluding hydrogens is 293 g/mol. The standard InChI is InChI=1S/C14H18FN3O2S/c1-10-7-16-18(9-10)12(3)8-17-21(19,20)14-6-13(15)5-4-11(14)2/h4-7,9,12,17H,8H2,1-3H3. The predicted octanol–water partition coefficient (Wildman–Crippen LogP) is 2.18. The van der Waals surface area contributed by atoms with Crippen LogP contribution in [0, 0.1) is 19.7 Å². The molecule has 5 nitrogen and oxygen atoms in total. The van der Waals surface area contributed by atoms with Crippen molar-refractivity contribution in [3.05, 3.63) is 47.5 Å². The molecule has 0 aliphatic carbocycles. The van der Waals surface area contributed by atoms with Crippen LogP contribution in [0.1, 0.15) is 24.1 Å². The number of benzene rings is 1. The molecule has 1 N–H and O–H groups in total. The van der Waals surface area contributed by atoms with Crippen LogP contribution >= 0.6 is 0 Å². The second-order valence-corrected chi connectivity index (χ2v) is 6.84. The van der Waals surface area contributed by atoms with Gasteiger partial charge in [0.15, 0.2) is 0 Å². The summed E-state index contributed by atoms with van der Waals surface area (Å²) in [6.45, 7) is 5.58. The van der Waals surface area contributed by atoms with E-state index in [9.17, 15) is 12.8 Å². The van der Waals surface area contributed by atoms with Crippen molar-refractivity contribution in [2.24, 2.45) is 0 Å². The number of aromatic nitrogens is 2. The van der Waals surface area contributed by atoms with Crippen molar-refractivity contribution >= 4 is 10.0 Å². The third kappa shape index (κ3) is 3.68. The van der Waals surface area contributed by atoms with Crippen molar-refractivity contribution in [2.75, 3.05) is 6.54 Å². The first kappa shape index (κ1) is 15.7. The van der Waals surface area contributed by atoms with E-state index in [2.05, 4.69) is 9.82 Å². The van der Waals surface area contributed by atoms with E-state index in [1.807, 2.05) is 20.0 Å². The fourth-order valence-corrected chi connectivity index (χ4v) is 3.31. The minimum Gasteiger partial charge on any atom is -0.268 e. The Bertz CT molecular complexity index is 740. The number of nitrogens with one attached hydrogen (secondary N) is 1. The number of rotatable bonds is 5. The number of sulfonamides is 1. The normalized spacial score (nSPS) is 13.3. The van der Waals surface area contributed by atoms with E-state index in [1.54, 1.807) is 17.8 Å². The summed E-state index contributed by atoms with van der Waals surface area (Å²) in [5.74, 6) is -0.572. The molecular formula is C14H18FN3O2S. The summed E-state index contributed by atoms with van der Waals surface area (Å²) in [5, 5.41) is 4.14. The number of nitrogens with zero attached hydrogens (tertiary/aromatic N) is 2. The van der Waals surface area contributed by atoms with Gasteiger partial charge in [0.1, 0.15) is 5.82 Å². The minimum absolute atomic E-state index is 0.0358. The van der Waals surface area contributed by atoms with Crippen LogP contribution in [0.25, 0.3) is 0 Å². The molecule has 0 aliphatic heterocycles. The lowest BCUT2D eigenvalue weighted by molar-refractivity contribution is 0.478. The van der Waals surface area contributed by atoms with Gasteiger partial charge in [-0.15, -0.1) is 0 Å². The molecule has 1 heterocycles. The third-order valence-electron chi connectivity index (χ3n) is 3.19. The highest BCUT2D eigenvalue weighted by Crippen LogP contribution is 2.16. The van der Waals surface area contributed by atoms with Gasteiger partial charge in [-0.25, -0.2) is 17.5 Å². The van der Waals surface area contributed by atoms with E-state index in [4.69, 9.17) is 0 Å². The molecule has 0 saturated heterocycles. The second-order valence-electron chi connectivity index (χ2n) is 5.11. The lowest BCUT2D eigenvalue weighted by Crippen LogP contribution is -2.30. The van der Waals surface area contributed by atoms with Gasteiger partial charge < -0.3 is 0 Å². The topological polar surface area (TPSA) is 64.0 Å². The van der Waals surface area contributed by atoms with Crippen molar-refractivity contribution in [3.8, 4) is 0 Å². The Labute approximate surface area is 123 Å². The highest BCUT2D eigenvalue weighted by Gasteiger charge is 2.19. The van der Waals surface area contributed by atoms with Crippen molar-refractivity contribution in [2.45, 2.75) is 31.7 Å². The Balaban J connectivity index is 2.13. The number of halogens is 1. The summed E-state index contributed by atoms with van der Waals surface area (Å²) >= 11 is 0. The third-order valence-corrected chi connectivity index (χ3v) is 4.76. The Hall–Kier alpha value is -1.73. The van der Waals surface area contributed by atoms with Crippen LogP contribution in [0.4, 0.5) is 4.39 Å². The maximum atomic E-state index is 13.2. The van der Waals surface area contributed by atoms with E-state index in [-0.39, 0.29) is 17.5 Å². The van der Waals surface area contributed by atoms with Crippen LogP contribution in [0.15, 0.2) is 35.5 Å². The largest absolute Gasteiger partial charge is 0.268 e. The minimum atomic E-state index is -3.74. The molecule has 114 valence electrons. The molecule has 1 atom stereocenters. The Morgan fingerprint density at radius 3 is 2.71 bits per heavy atom. The molecule has 7 heteroatoms. The fraction of sp³-hybridized carbons (Fsp3) is 0.357. The van der Waals surface area contributed by atoms with Gasteiger partial charge in [-0.05, 0) is 44.0 Å². The molecule has 21 heavy (non-hydrogen) atoms. The Morgan fingerprint density at radius 1 is 1.38 bits per heavy atom. The lowest BCUT2D eigenvalue weighted by atomic mass is 10.2. The zero-order chi connectivity index (χ0) is 15.6. The molecule has 0 radical (unpaired) electrons. The van der Waals surface area contributed by atoms with E-state index < -0.39 is 15.8 Å². The summed E-state index contributed by atoms with van der Waals surface area (Å²) in [6, 6.07) is 3.58. The van der Waals surface area contributed by atoms with E-state index >= 15 is 0 Å². The first-order chi connectivity index (χ1) is 9.79. The summed E-state index contributed by atoms with van der Waals surface area (Å²) in [7, 11) is -3.74. The van der Waals surface area contributed by atoms with Crippen LogP contribution in [-0.4, -0.2) is 24.7 Å². The number of aryl methyl sites for hydroxylation is 2. The van der Waals surface area contributed by atoms with Gasteiger partial charge in [-0.1, -0.05) is 6.07 Å². The highest BCUT2D eigenvalue weighted by atomic mass is 32.2. The zero-order valence-electron chi connectivity index (χ0n) is 12.2. The van der Waals surface area contributed by atoms with Crippen LogP contribution in [-0.2, 0) is 10.0 Å². The molecule has 1 aromatic heterocycles. The molecule has 0 amide bonds. The van der Waals surface area contributed by atoms with Gasteiger partial charge in [0.05, 0.1) is 17.1 Å². The van der Waals surface area contributed by atoms with Gasteiger partial charge >= 0.3 is 0 Å². The first-order valence-corrected chi connectivity index (χ1v) is 8.04. The lowest BCUT2D eigenvalue weighted by Gasteiger charge is -2.14. The molecule has 2 rings (SSSR count). The van der Waals surface area contributed by atoms with Gasteiger partial charge in [0.25, 0.3) is 0 Å². The molecule has 0 spiro atoms. The SMILES string of the molecule is Cc1cnn(C(C)CNS(=O)(=O)c2cc(F)ccc2C)c1. The van der Waals surface area contributed by atoms with Crippen molar-refractivity contribution < 1.29 is 12.8 Å². The number of hydrogen-bond donors (Lipinski definition) is 1. The maximum absolute atomic E-state index is 13.2. The van der Waals surface area contributed by atoms with Gasteiger partial charge in [-0.2, -0.15) is 5.10 Å². The zero-order valence-corrected chi connectivity index (χ0v) is 13.0. The quantitative estimate of drug-likeness (QED) is 0.920. The first-order valence-electron chi connectivity index (χ1n) is 6.56. The summed E-state index contributed by atoms with van der Waals surface area (Å²) in [4.78, 5) is -0.0358. The van der Waals surface area contributed by atoms with Crippen LogP contribution in [0.2, 0.25) is 0 Å². The fourth-order valence-electron chi connectivity index (χ4n) is 1.94. The van der Waals surface area contributed by atoms with Crippen molar-refractivity contribution in [1.29, 1.82) is 0 Å². The van der Waals surface area contributed by atoms with Crippen LogP contribution in [0.5, 0.6) is 0 Å². The van der Waals surface area contributed by atoms with Gasteiger partial charge in [0.2, 0.25) is 10.0 Å². The molecule has 0 aliphatic rings. The highest BCUT2D eigenvalue weighted by molar-refractivity contribution is 7.89. The van der Waals surface area contributed by atoms with Crippen molar-refractivity contribution in [1.82, 2.24) is 14.5 Å². The number of hydrogen-bond acceptors (Lipinski definition) is 3. The molecule has 1 unspecified atom stereocenters. The summed E-state index contributed by atoms with van der Waals surface area (Å²) in [5.41, 5.74) is 1.51. The van der Waals surface area contributed by atoms with E-state index in [0.29, 0.717) is 5.56 Å². The molecule has 0 fully saturated rings. The summed E-state index contributed by atoms with van der Waals surface area (Å²) < 4.78 is 41.9. The maximum Gasteiger partial charge on any atom is 0.241 e. The molecule has 0 bridgehead atoms. The molecule has 1 aromatic carbocycles. The van der Waals surface area contributed by atoms with E-state index in [0.717, 1.165) is 11.6 Å².